The first-order valence-electron chi connectivity index (χ1n) is 9.49. The Labute approximate surface area is 182 Å². The van der Waals surface area contributed by atoms with Crippen LogP contribution >= 0.6 is 0 Å². The molecule has 0 unspecified atom stereocenters. The summed E-state index contributed by atoms with van der Waals surface area (Å²) in [6.45, 7) is 0.764. The lowest BCUT2D eigenvalue weighted by molar-refractivity contribution is -0.450. The van der Waals surface area contributed by atoms with Crippen LogP contribution in [0.3, 0.4) is 0 Å². The zero-order valence-corrected chi connectivity index (χ0v) is 17.1. The molecular weight excluding hydrogens is 521 g/mol. The van der Waals surface area contributed by atoms with E-state index >= 15 is 0 Å². The molecule has 0 spiro atoms. The van der Waals surface area contributed by atoms with Crippen molar-refractivity contribution in [1.29, 1.82) is 0 Å². The van der Waals surface area contributed by atoms with E-state index < -0.39 is 54.3 Å². The van der Waals surface area contributed by atoms with Crippen molar-refractivity contribution in [3.63, 3.8) is 0 Å². The number of esters is 1. The number of halogens is 15. The zero-order chi connectivity index (χ0) is 27.4. The van der Waals surface area contributed by atoms with Crippen LogP contribution in [0.2, 0.25) is 0 Å². The Kier molecular flexibility index (Phi) is 10.1. The van der Waals surface area contributed by atoms with Crippen LogP contribution in [0.4, 0.5) is 65.9 Å². The van der Waals surface area contributed by atoms with Crippen LogP contribution in [0.15, 0.2) is 0 Å². The summed E-state index contributed by atoms with van der Waals surface area (Å²) in [6, 6.07) is 0. The van der Waals surface area contributed by atoms with Gasteiger partial charge in [-0.3, -0.25) is 0 Å². The number of carbonyl (C=O) groups excluding carboxylic acids is 1. The Balaban J connectivity index is 5.65. The molecule has 17 heteroatoms. The SMILES string of the molecule is CCCCCCCCCOC(=O)C(F)(F)C(F)(F)C(F)(F)C(F)(F)C(F)(F)C(F)(F)C(F)(F)F. The predicted molar refractivity (Wildman–Crippen MR) is 84.7 cm³/mol. The molecule has 0 aromatic carbocycles. The molecule has 0 saturated heterocycles. The molecule has 0 aromatic heterocycles. The van der Waals surface area contributed by atoms with Crippen LogP contribution in [-0.2, 0) is 9.53 Å². The Hall–Kier alpha value is -1.58. The summed E-state index contributed by atoms with van der Waals surface area (Å²) in [4.78, 5) is 11.1. The Bertz CT molecular complexity index is 670. The van der Waals surface area contributed by atoms with E-state index in [0.29, 0.717) is 12.8 Å². The molecule has 0 amide bonds. The van der Waals surface area contributed by atoms with Gasteiger partial charge in [0.05, 0.1) is 6.61 Å². The highest BCUT2D eigenvalue weighted by atomic mass is 19.4. The highest BCUT2D eigenvalue weighted by Gasteiger charge is 2.94. The summed E-state index contributed by atoms with van der Waals surface area (Å²) in [5.74, 6) is -51.6. The number of alkyl halides is 15. The van der Waals surface area contributed by atoms with Crippen molar-refractivity contribution in [2.45, 2.75) is 93.6 Å². The van der Waals surface area contributed by atoms with Crippen LogP contribution in [-0.4, -0.2) is 54.3 Å². The van der Waals surface area contributed by atoms with Crippen molar-refractivity contribution in [2.75, 3.05) is 6.61 Å². The largest absolute Gasteiger partial charge is 0.461 e. The summed E-state index contributed by atoms with van der Waals surface area (Å²) in [6.07, 6.45) is -4.25. The van der Waals surface area contributed by atoms with Crippen LogP contribution in [0.1, 0.15) is 51.9 Å². The highest BCUT2D eigenvalue weighted by molar-refractivity contribution is 5.79. The van der Waals surface area contributed by atoms with Gasteiger partial charge in [0.2, 0.25) is 0 Å². The van der Waals surface area contributed by atoms with Crippen molar-refractivity contribution < 1.29 is 75.4 Å². The van der Waals surface area contributed by atoms with Gasteiger partial charge in [0.25, 0.3) is 0 Å². The summed E-state index contributed by atoms with van der Waals surface area (Å²) < 4.78 is 199. The average Bonchev–Trinajstić information content (AvgIpc) is 2.68. The average molecular weight is 540 g/mol. The summed E-state index contributed by atoms with van der Waals surface area (Å²) >= 11 is 0. The Morgan fingerprint density at radius 2 is 0.882 bits per heavy atom. The van der Waals surface area contributed by atoms with E-state index in [0.717, 1.165) is 19.3 Å². The lowest BCUT2D eigenvalue weighted by Gasteiger charge is -2.40. The van der Waals surface area contributed by atoms with Crippen LogP contribution in [0.25, 0.3) is 0 Å². The fourth-order valence-corrected chi connectivity index (χ4v) is 2.41. The quantitative estimate of drug-likeness (QED) is 0.129. The maximum atomic E-state index is 13.6. The molecule has 2 nitrogen and oxygen atoms in total. The summed E-state index contributed by atoms with van der Waals surface area (Å²) in [5, 5.41) is 0. The zero-order valence-electron chi connectivity index (χ0n) is 17.1. The van der Waals surface area contributed by atoms with Crippen molar-refractivity contribution in [3.8, 4) is 0 Å². The van der Waals surface area contributed by atoms with Gasteiger partial charge in [-0.1, -0.05) is 45.4 Å². The fourth-order valence-electron chi connectivity index (χ4n) is 2.41. The lowest BCUT2D eigenvalue weighted by Crippen LogP contribution is -2.73. The van der Waals surface area contributed by atoms with E-state index in [9.17, 15) is 70.7 Å². The van der Waals surface area contributed by atoms with E-state index in [1.807, 2.05) is 6.92 Å². The minimum absolute atomic E-state index is 0.159. The van der Waals surface area contributed by atoms with Crippen LogP contribution in [0, 0.1) is 0 Å². The smallest absolute Gasteiger partial charge is 0.460 e. The van der Waals surface area contributed by atoms with Gasteiger partial charge in [-0.2, -0.15) is 65.9 Å². The molecule has 0 aliphatic carbocycles. The van der Waals surface area contributed by atoms with Gasteiger partial charge in [0.1, 0.15) is 0 Å². The predicted octanol–water partition coefficient (Wildman–Crippen LogP) is 7.65. The number of rotatable bonds is 14. The first kappa shape index (κ1) is 32.4. The first-order valence-corrected chi connectivity index (χ1v) is 9.49. The standard InChI is InChI=1S/C17H19F15O2/c1-2-3-4-5-6-7-8-9-34-10(33)11(18,19)12(20,21)13(22,23)14(24,25)15(26,27)16(28,29)17(30,31)32/h2-9H2,1H3. The molecule has 0 atom stereocenters. The van der Waals surface area contributed by atoms with E-state index in [4.69, 9.17) is 0 Å². The summed E-state index contributed by atoms with van der Waals surface area (Å²) in [7, 11) is 0. The maximum absolute atomic E-state index is 13.6. The Morgan fingerprint density at radius 3 is 1.29 bits per heavy atom. The molecule has 0 rings (SSSR count). The van der Waals surface area contributed by atoms with Gasteiger partial charge >= 0.3 is 47.7 Å². The molecule has 0 aliphatic rings. The van der Waals surface area contributed by atoms with E-state index in [-0.39, 0.29) is 12.8 Å². The Morgan fingerprint density at radius 1 is 0.529 bits per heavy atom. The first-order chi connectivity index (χ1) is 15.0. The maximum Gasteiger partial charge on any atom is 0.460 e. The van der Waals surface area contributed by atoms with Crippen molar-refractivity contribution in [2.24, 2.45) is 0 Å². The van der Waals surface area contributed by atoms with Gasteiger partial charge in [0.15, 0.2) is 0 Å². The number of hydrogen-bond acceptors (Lipinski definition) is 2. The molecule has 204 valence electrons. The second kappa shape index (κ2) is 10.6. The van der Waals surface area contributed by atoms with Crippen molar-refractivity contribution in [3.05, 3.63) is 0 Å². The van der Waals surface area contributed by atoms with Crippen LogP contribution < -0.4 is 0 Å². The fraction of sp³-hybridized carbons (Fsp3) is 0.941. The normalized spacial score (nSPS) is 14.9. The molecule has 0 bridgehead atoms. The van der Waals surface area contributed by atoms with Gasteiger partial charge in [-0.25, -0.2) is 4.79 Å². The topological polar surface area (TPSA) is 26.3 Å². The third-order valence-corrected chi connectivity index (χ3v) is 4.57. The second-order valence-corrected chi connectivity index (χ2v) is 7.20. The molecule has 0 fully saturated rings. The monoisotopic (exact) mass is 540 g/mol. The lowest BCUT2D eigenvalue weighted by atomic mass is 9.91. The number of hydrogen-bond donors (Lipinski definition) is 0. The molecule has 0 saturated carbocycles. The number of ether oxygens (including phenoxy) is 1. The van der Waals surface area contributed by atoms with Crippen LogP contribution in [0.5, 0.6) is 0 Å². The molecule has 0 heterocycles. The second-order valence-electron chi connectivity index (χ2n) is 7.20. The van der Waals surface area contributed by atoms with Crippen molar-refractivity contribution in [1.82, 2.24) is 0 Å². The van der Waals surface area contributed by atoms with E-state index in [1.54, 1.807) is 0 Å². The van der Waals surface area contributed by atoms with Gasteiger partial charge < -0.3 is 4.74 Å². The van der Waals surface area contributed by atoms with Gasteiger partial charge in [0, 0.05) is 0 Å². The highest BCUT2D eigenvalue weighted by Crippen LogP contribution is 2.62. The molecular formula is C17H19F15O2. The molecule has 0 radical (unpaired) electrons. The molecule has 0 aliphatic heterocycles. The van der Waals surface area contributed by atoms with Gasteiger partial charge in [-0.15, -0.1) is 0 Å². The summed E-state index contributed by atoms with van der Waals surface area (Å²) in [5.41, 5.74) is 0. The van der Waals surface area contributed by atoms with E-state index in [2.05, 4.69) is 4.74 Å². The van der Waals surface area contributed by atoms with E-state index in [1.165, 1.54) is 0 Å². The molecule has 34 heavy (non-hydrogen) atoms. The molecule has 0 N–H and O–H groups in total. The third kappa shape index (κ3) is 5.62. The van der Waals surface area contributed by atoms with Gasteiger partial charge in [-0.05, 0) is 6.42 Å². The number of unbranched alkanes of at least 4 members (excludes halogenated alkanes) is 6. The minimum Gasteiger partial charge on any atom is -0.461 e. The molecule has 0 aromatic rings. The third-order valence-electron chi connectivity index (χ3n) is 4.57. The van der Waals surface area contributed by atoms with Crippen molar-refractivity contribution >= 4 is 5.97 Å². The number of carbonyl (C=O) groups is 1. The minimum atomic E-state index is -8.43.